The number of carbonyl (C=O) groups is 1. The van der Waals surface area contributed by atoms with Crippen LogP contribution in [0.4, 0.5) is 15.9 Å². The lowest BCUT2D eigenvalue weighted by Crippen LogP contribution is -2.38. The highest BCUT2D eigenvalue weighted by molar-refractivity contribution is 7.84. The van der Waals surface area contributed by atoms with E-state index >= 15 is 0 Å². The summed E-state index contributed by atoms with van der Waals surface area (Å²) in [4.78, 5) is 20.9. The van der Waals surface area contributed by atoms with Crippen molar-refractivity contribution in [3.8, 4) is 17.3 Å². The van der Waals surface area contributed by atoms with Gasteiger partial charge in [0.15, 0.2) is 22.7 Å². The van der Waals surface area contributed by atoms with Crippen LogP contribution in [0.1, 0.15) is 40.0 Å². The number of aromatic amines is 1. The molecule has 0 aliphatic carbocycles. The summed E-state index contributed by atoms with van der Waals surface area (Å²) in [6.45, 7) is 5.02. The van der Waals surface area contributed by atoms with Crippen LogP contribution in [-0.4, -0.2) is 49.0 Å². The largest absolute Gasteiger partial charge is 0.436 e. The fourth-order valence-electron chi connectivity index (χ4n) is 4.93. The van der Waals surface area contributed by atoms with Gasteiger partial charge in [0.05, 0.1) is 35.0 Å². The van der Waals surface area contributed by atoms with Gasteiger partial charge in [-0.25, -0.2) is 23.0 Å². The van der Waals surface area contributed by atoms with E-state index in [4.69, 9.17) is 15.2 Å². The van der Waals surface area contributed by atoms with E-state index in [1.807, 2.05) is 26.0 Å². The Bertz CT molecular complexity index is 1850. The lowest BCUT2D eigenvalue weighted by atomic mass is 10.1. The first-order chi connectivity index (χ1) is 20.8. The van der Waals surface area contributed by atoms with Crippen LogP contribution in [-0.2, 0) is 15.9 Å². The third-order valence-electron chi connectivity index (χ3n) is 7.30. The highest BCUT2D eigenvalue weighted by Gasteiger charge is 2.22. The number of para-hydroxylation sites is 1. The second-order valence-electron chi connectivity index (χ2n) is 10.3. The molecule has 43 heavy (non-hydrogen) atoms. The molecule has 0 radical (unpaired) electrons. The third-order valence-corrected chi connectivity index (χ3v) is 8.25. The van der Waals surface area contributed by atoms with Crippen molar-refractivity contribution in [3.63, 3.8) is 0 Å². The molecule has 1 fully saturated rings. The molecule has 6 rings (SSSR count). The van der Waals surface area contributed by atoms with Crippen molar-refractivity contribution in [2.75, 3.05) is 23.7 Å². The molecule has 2 aromatic carbocycles. The normalized spacial score (nSPS) is 14.6. The van der Waals surface area contributed by atoms with Gasteiger partial charge in [-0.2, -0.15) is 5.10 Å². The van der Waals surface area contributed by atoms with Crippen LogP contribution in [0.5, 0.6) is 11.6 Å². The van der Waals surface area contributed by atoms with Gasteiger partial charge >= 0.3 is 0 Å². The van der Waals surface area contributed by atoms with Crippen molar-refractivity contribution in [1.29, 1.82) is 0 Å². The molecule has 0 saturated carbocycles. The van der Waals surface area contributed by atoms with Gasteiger partial charge in [0, 0.05) is 36.2 Å². The van der Waals surface area contributed by atoms with Crippen molar-refractivity contribution in [3.05, 3.63) is 89.1 Å². The molecule has 1 atom stereocenters. The summed E-state index contributed by atoms with van der Waals surface area (Å²) in [6.07, 6.45) is 4.52. The Balaban J connectivity index is 1.20. The zero-order valence-corrected chi connectivity index (χ0v) is 24.3. The van der Waals surface area contributed by atoms with Gasteiger partial charge in [-0.05, 0) is 68.1 Å². The lowest BCUT2D eigenvalue weighted by Gasteiger charge is -2.22. The first kappa shape index (κ1) is 28.5. The number of fused-ring (bicyclic) bond motifs is 1. The summed E-state index contributed by atoms with van der Waals surface area (Å²) in [5.74, 6) is -0.419. The van der Waals surface area contributed by atoms with Crippen molar-refractivity contribution in [2.24, 2.45) is 0 Å². The number of ketones is 1. The summed E-state index contributed by atoms with van der Waals surface area (Å²) in [5.41, 5.74) is 10.5. The predicted molar refractivity (Wildman–Crippen MR) is 162 cm³/mol. The molecular formula is C30H30FN7O4S. The molecule has 1 aliphatic heterocycles. The number of nitrogen functional groups attached to an aromatic ring is 1. The minimum absolute atomic E-state index is 0.0602. The number of ether oxygens (including phenoxy) is 2. The van der Waals surface area contributed by atoms with Crippen LogP contribution in [0, 0.1) is 19.7 Å². The summed E-state index contributed by atoms with van der Waals surface area (Å²) in [6, 6.07) is 13.3. The Hall–Kier alpha value is -4.59. The number of anilines is 2. The van der Waals surface area contributed by atoms with Gasteiger partial charge in [-0.3, -0.25) is 9.52 Å². The van der Waals surface area contributed by atoms with Gasteiger partial charge in [-0.1, -0.05) is 12.1 Å². The van der Waals surface area contributed by atoms with E-state index in [0.29, 0.717) is 41.4 Å². The second-order valence-corrected chi connectivity index (χ2v) is 11.3. The SMILES string of the molecule is Cc1cc2cc(C(=O)c3cnn(-c4cnc(Oc5ccccc5F)cc4C)c3N)[nH]c2cc1NS(=O)NC1CCOCC1. The Morgan fingerprint density at radius 1 is 1.14 bits per heavy atom. The minimum atomic E-state index is -1.48. The van der Waals surface area contributed by atoms with E-state index in [2.05, 4.69) is 24.5 Å². The molecule has 0 bridgehead atoms. The fourth-order valence-corrected chi connectivity index (χ4v) is 5.95. The highest BCUT2D eigenvalue weighted by Crippen LogP contribution is 2.29. The van der Waals surface area contributed by atoms with Gasteiger partial charge in [0.25, 0.3) is 0 Å². The van der Waals surface area contributed by atoms with E-state index in [9.17, 15) is 13.4 Å². The summed E-state index contributed by atoms with van der Waals surface area (Å²) < 4.78 is 45.2. The van der Waals surface area contributed by atoms with Crippen molar-refractivity contribution >= 4 is 39.4 Å². The zero-order chi connectivity index (χ0) is 30.1. The minimum Gasteiger partial charge on any atom is -0.436 e. The predicted octanol–water partition coefficient (Wildman–Crippen LogP) is 4.87. The van der Waals surface area contributed by atoms with Gasteiger partial charge in [-0.15, -0.1) is 0 Å². The molecule has 0 spiro atoms. The number of pyridine rings is 1. The van der Waals surface area contributed by atoms with Crippen LogP contribution in [0.3, 0.4) is 0 Å². The number of hydrogen-bond donors (Lipinski definition) is 4. The molecule has 11 nitrogen and oxygen atoms in total. The number of aryl methyl sites for hydroxylation is 2. The van der Waals surface area contributed by atoms with Gasteiger partial charge < -0.3 is 20.2 Å². The Morgan fingerprint density at radius 2 is 1.93 bits per heavy atom. The molecule has 4 heterocycles. The first-order valence-electron chi connectivity index (χ1n) is 13.7. The summed E-state index contributed by atoms with van der Waals surface area (Å²) >= 11 is -1.48. The topological polar surface area (TPSA) is 149 Å². The number of halogens is 1. The average Bonchev–Trinajstić information content (AvgIpc) is 3.57. The molecule has 1 unspecified atom stereocenters. The van der Waals surface area contributed by atoms with E-state index < -0.39 is 17.0 Å². The summed E-state index contributed by atoms with van der Waals surface area (Å²) in [5, 5.41) is 5.17. The number of rotatable bonds is 9. The molecule has 1 aliphatic rings. The zero-order valence-electron chi connectivity index (χ0n) is 23.5. The molecule has 3 aromatic heterocycles. The Labute approximate surface area is 249 Å². The molecule has 222 valence electrons. The first-order valence-corrected chi connectivity index (χ1v) is 14.8. The highest BCUT2D eigenvalue weighted by atomic mass is 32.2. The van der Waals surface area contributed by atoms with Crippen molar-refractivity contribution in [2.45, 2.75) is 32.7 Å². The molecular weight excluding hydrogens is 573 g/mol. The second kappa shape index (κ2) is 12.0. The number of nitrogens with two attached hydrogens (primary N) is 1. The number of benzene rings is 2. The number of H-pyrrole nitrogens is 1. The number of aromatic nitrogens is 4. The number of nitrogens with one attached hydrogen (secondary N) is 3. The fraction of sp³-hybridized carbons (Fsp3) is 0.233. The quantitative estimate of drug-likeness (QED) is 0.176. The van der Waals surface area contributed by atoms with Crippen LogP contribution in [0.2, 0.25) is 0 Å². The Kier molecular flexibility index (Phi) is 7.93. The van der Waals surface area contributed by atoms with Crippen LogP contribution in [0.15, 0.2) is 60.9 Å². The third kappa shape index (κ3) is 6.00. The molecule has 13 heteroatoms. The van der Waals surface area contributed by atoms with Gasteiger partial charge in [0.1, 0.15) is 5.82 Å². The number of carbonyl (C=O) groups excluding carboxylic acids is 1. The van der Waals surface area contributed by atoms with E-state index in [0.717, 1.165) is 23.8 Å². The lowest BCUT2D eigenvalue weighted by molar-refractivity contribution is 0.0835. The number of hydrogen-bond acceptors (Lipinski definition) is 7. The maximum absolute atomic E-state index is 14.0. The Morgan fingerprint density at radius 3 is 2.70 bits per heavy atom. The summed E-state index contributed by atoms with van der Waals surface area (Å²) in [7, 11) is 0. The van der Waals surface area contributed by atoms with Crippen LogP contribution in [0.25, 0.3) is 16.6 Å². The van der Waals surface area contributed by atoms with E-state index in [-0.39, 0.29) is 34.8 Å². The van der Waals surface area contributed by atoms with Gasteiger partial charge in [0.2, 0.25) is 11.7 Å². The maximum atomic E-state index is 14.0. The average molecular weight is 604 g/mol. The maximum Gasteiger partial charge on any atom is 0.219 e. The number of nitrogens with zero attached hydrogens (tertiary/aromatic N) is 3. The molecule has 5 aromatic rings. The molecule has 0 amide bonds. The van der Waals surface area contributed by atoms with Crippen molar-refractivity contribution in [1.82, 2.24) is 24.5 Å². The molecule has 5 N–H and O–H groups in total. The van der Waals surface area contributed by atoms with Crippen molar-refractivity contribution < 1.29 is 22.9 Å². The smallest absolute Gasteiger partial charge is 0.219 e. The molecule has 1 saturated heterocycles. The van der Waals surface area contributed by atoms with Crippen LogP contribution >= 0.6 is 0 Å². The monoisotopic (exact) mass is 603 g/mol. The standard InChI is InChI=1S/C30H30FN7O4S/c1-17-11-19-13-25(35-24(19)14-23(17)37-43(40)36-20-7-9-41-10-8-20)29(39)21-15-34-38(30(21)32)26-16-33-28(12-18(26)2)42-27-6-4-3-5-22(27)31/h3-6,11-16,20,35-37H,7-10,32H2,1-2H3. The van der Waals surface area contributed by atoms with E-state index in [1.54, 1.807) is 24.3 Å². The van der Waals surface area contributed by atoms with E-state index in [1.165, 1.54) is 29.2 Å². The van der Waals surface area contributed by atoms with Crippen LogP contribution < -0.4 is 19.9 Å².